The second-order valence-electron chi connectivity index (χ2n) is 6.09. The highest BCUT2D eigenvalue weighted by Crippen LogP contribution is 2.20. The minimum Gasteiger partial charge on any atom is -0.463 e. The van der Waals surface area contributed by atoms with Crippen molar-refractivity contribution in [2.75, 3.05) is 19.7 Å². The maximum Gasteiger partial charge on any atom is 0.316 e. The number of hydrogen-bond acceptors (Lipinski definition) is 4. The Hall–Kier alpha value is -2.50. The van der Waals surface area contributed by atoms with Crippen molar-refractivity contribution < 1.29 is 13.9 Å². The molecule has 1 saturated heterocycles. The van der Waals surface area contributed by atoms with Gasteiger partial charge in [0.05, 0.1) is 12.2 Å². The van der Waals surface area contributed by atoms with E-state index in [-0.39, 0.29) is 17.4 Å². The van der Waals surface area contributed by atoms with Crippen LogP contribution in [0.3, 0.4) is 0 Å². The van der Waals surface area contributed by atoms with E-state index >= 15 is 0 Å². The van der Waals surface area contributed by atoms with Crippen molar-refractivity contribution in [2.45, 2.75) is 19.8 Å². The fourth-order valence-electron chi connectivity index (χ4n) is 2.84. The number of rotatable bonds is 4. The Morgan fingerprint density at radius 3 is 2.83 bits per heavy atom. The number of amides is 1. The van der Waals surface area contributed by atoms with Gasteiger partial charge < -0.3 is 9.64 Å². The Kier molecular flexibility index (Phi) is 5.03. The molecule has 0 bridgehead atoms. The molecule has 126 valence electrons. The quantitative estimate of drug-likeness (QED) is 0.865. The zero-order valence-corrected chi connectivity index (χ0v) is 13.6. The molecule has 6 heteroatoms. The second-order valence-corrected chi connectivity index (χ2v) is 6.09. The standard InChI is InChI=1S/C18H20FN3O2/c1-13-9-20-18(21-10-13)24-12-14-5-4-8-22(11-14)17(23)15-6-2-3-7-16(15)19/h2-3,6-7,9-10,14H,4-5,8,11-12H2,1H3. The van der Waals surface area contributed by atoms with E-state index in [0.717, 1.165) is 18.4 Å². The lowest BCUT2D eigenvalue weighted by Gasteiger charge is -2.32. The van der Waals surface area contributed by atoms with Gasteiger partial charge in [-0.15, -0.1) is 0 Å². The van der Waals surface area contributed by atoms with Gasteiger partial charge in [0.1, 0.15) is 5.82 Å². The van der Waals surface area contributed by atoms with Gasteiger partial charge in [-0.3, -0.25) is 4.79 Å². The highest BCUT2D eigenvalue weighted by atomic mass is 19.1. The fraction of sp³-hybridized carbons (Fsp3) is 0.389. The summed E-state index contributed by atoms with van der Waals surface area (Å²) in [6.07, 6.45) is 5.25. The number of halogens is 1. The van der Waals surface area contributed by atoms with Crippen molar-refractivity contribution in [1.82, 2.24) is 14.9 Å². The van der Waals surface area contributed by atoms with E-state index in [1.807, 2.05) is 6.92 Å². The van der Waals surface area contributed by atoms with Gasteiger partial charge in [0.25, 0.3) is 5.91 Å². The third kappa shape index (κ3) is 3.88. The van der Waals surface area contributed by atoms with Gasteiger partial charge in [-0.2, -0.15) is 0 Å². The average Bonchev–Trinajstić information content (AvgIpc) is 2.61. The van der Waals surface area contributed by atoms with Crippen LogP contribution in [0.25, 0.3) is 0 Å². The van der Waals surface area contributed by atoms with E-state index in [2.05, 4.69) is 9.97 Å². The highest BCUT2D eigenvalue weighted by molar-refractivity contribution is 5.94. The largest absolute Gasteiger partial charge is 0.463 e. The molecule has 5 nitrogen and oxygen atoms in total. The first-order valence-corrected chi connectivity index (χ1v) is 8.09. The van der Waals surface area contributed by atoms with E-state index in [9.17, 15) is 9.18 Å². The molecule has 3 rings (SSSR count). The minimum atomic E-state index is -0.478. The molecular formula is C18H20FN3O2. The first-order valence-electron chi connectivity index (χ1n) is 8.09. The van der Waals surface area contributed by atoms with Crippen LogP contribution in [0.5, 0.6) is 6.01 Å². The topological polar surface area (TPSA) is 55.3 Å². The molecule has 2 heterocycles. The molecule has 0 N–H and O–H groups in total. The number of hydrogen-bond donors (Lipinski definition) is 0. The predicted octanol–water partition coefficient (Wildman–Crippen LogP) is 2.86. The fourth-order valence-corrected chi connectivity index (χ4v) is 2.84. The molecule has 2 aromatic rings. The summed E-state index contributed by atoms with van der Waals surface area (Å²) in [5.41, 5.74) is 1.10. The lowest BCUT2D eigenvalue weighted by Crippen LogP contribution is -2.41. The Morgan fingerprint density at radius 1 is 1.33 bits per heavy atom. The molecule has 0 radical (unpaired) electrons. The number of carbonyl (C=O) groups excluding carboxylic acids is 1. The third-order valence-electron chi connectivity index (χ3n) is 4.12. The number of aryl methyl sites for hydroxylation is 1. The average molecular weight is 329 g/mol. The lowest BCUT2D eigenvalue weighted by atomic mass is 9.98. The lowest BCUT2D eigenvalue weighted by molar-refractivity contribution is 0.0624. The normalized spacial score (nSPS) is 17.6. The smallest absolute Gasteiger partial charge is 0.316 e. The predicted molar refractivity (Wildman–Crippen MR) is 87.3 cm³/mol. The maximum atomic E-state index is 13.8. The number of ether oxygens (including phenoxy) is 1. The van der Waals surface area contributed by atoms with Crippen LogP contribution in [0.2, 0.25) is 0 Å². The van der Waals surface area contributed by atoms with Gasteiger partial charge in [-0.1, -0.05) is 12.1 Å². The molecule has 0 aliphatic carbocycles. The number of benzene rings is 1. The van der Waals surface area contributed by atoms with Gasteiger partial charge >= 0.3 is 6.01 Å². The summed E-state index contributed by atoms with van der Waals surface area (Å²) in [4.78, 5) is 22.4. The Morgan fingerprint density at radius 2 is 2.08 bits per heavy atom. The molecule has 1 aliphatic rings. The van der Waals surface area contributed by atoms with Crippen LogP contribution in [-0.2, 0) is 0 Å². The molecule has 1 atom stereocenters. The van der Waals surface area contributed by atoms with Crippen molar-refractivity contribution in [3.05, 3.63) is 53.6 Å². The monoisotopic (exact) mass is 329 g/mol. The first kappa shape index (κ1) is 16.4. The van der Waals surface area contributed by atoms with Crippen LogP contribution in [0.4, 0.5) is 4.39 Å². The zero-order chi connectivity index (χ0) is 16.9. The molecule has 1 aromatic carbocycles. The number of likely N-dealkylation sites (tertiary alicyclic amines) is 1. The summed E-state index contributed by atoms with van der Waals surface area (Å²) in [6, 6.07) is 6.44. The van der Waals surface area contributed by atoms with Crippen molar-refractivity contribution in [2.24, 2.45) is 5.92 Å². The summed E-state index contributed by atoms with van der Waals surface area (Å²) in [5.74, 6) is -0.544. The second kappa shape index (κ2) is 7.38. The number of piperidine rings is 1. The molecule has 24 heavy (non-hydrogen) atoms. The van der Waals surface area contributed by atoms with Crippen molar-refractivity contribution in [3.63, 3.8) is 0 Å². The van der Waals surface area contributed by atoms with Gasteiger partial charge in [0, 0.05) is 31.4 Å². The maximum absolute atomic E-state index is 13.8. The number of aromatic nitrogens is 2. The molecule has 1 fully saturated rings. The van der Waals surface area contributed by atoms with Crippen molar-refractivity contribution >= 4 is 5.91 Å². The van der Waals surface area contributed by atoms with Gasteiger partial charge in [0.2, 0.25) is 0 Å². The van der Waals surface area contributed by atoms with Crippen LogP contribution >= 0.6 is 0 Å². The van der Waals surface area contributed by atoms with Crippen molar-refractivity contribution in [3.8, 4) is 6.01 Å². The molecule has 0 saturated carbocycles. The third-order valence-corrected chi connectivity index (χ3v) is 4.12. The van der Waals surface area contributed by atoms with E-state index in [1.54, 1.807) is 29.4 Å². The highest BCUT2D eigenvalue weighted by Gasteiger charge is 2.26. The summed E-state index contributed by atoms with van der Waals surface area (Å²) in [6.45, 7) is 3.56. The van der Waals surface area contributed by atoms with Crippen LogP contribution < -0.4 is 4.74 Å². The minimum absolute atomic E-state index is 0.126. The van der Waals surface area contributed by atoms with Gasteiger partial charge in [-0.05, 0) is 37.5 Å². The summed E-state index contributed by atoms with van der Waals surface area (Å²) in [5, 5.41) is 0. The van der Waals surface area contributed by atoms with Crippen LogP contribution in [-0.4, -0.2) is 40.5 Å². The molecule has 1 unspecified atom stereocenters. The van der Waals surface area contributed by atoms with E-state index < -0.39 is 5.82 Å². The van der Waals surface area contributed by atoms with Gasteiger partial charge in [-0.25, -0.2) is 14.4 Å². The summed E-state index contributed by atoms with van der Waals surface area (Å²) >= 11 is 0. The SMILES string of the molecule is Cc1cnc(OCC2CCCN(C(=O)c3ccccc3F)C2)nc1. The van der Waals surface area contributed by atoms with E-state index in [0.29, 0.717) is 25.7 Å². The van der Waals surface area contributed by atoms with E-state index in [4.69, 9.17) is 4.74 Å². The molecule has 0 spiro atoms. The summed E-state index contributed by atoms with van der Waals surface area (Å²) < 4.78 is 19.4. The van der Waals surface area contributed by atoms with Crippen LogP contribution in [0, 0.1) is 18.7 Å². The Labute approximate surface area is 140 Å². The summed E-state index contributed by atoms with van der Waals surface area (Å²) in [7, 11) is 0. The molecular weight excluding hydrogens is 309 g/mol. The number of nitrogens with zero attached hydrogens (tertiary/aromatic N) is 3. The van der Waals surface area contributed by atoms with Crippen LogP contribution in [0.1, 0.15) is 28.8 Å². The molecule has 1 aliphatic heterocycles. The van der Waals surface area contributed by atoms with Crippen molar-refractivity contribution in [1.29, 1.82) is 0 Å². The zero-order valence-electron chi connectivity index (χ0n) is 13.6. The van der Waals surface area contributed by atoms with Crippen LogP contribution in [0.15, 0.2) is 36.7 Å². The number of carbonyl (C=O) groups is 1. The first-order chi connectivity index (χ1) is 11.6. The molecule has 1 amide bonds. The Balaban J connectivity index is 1.59. The molecule has 1 aromatic heterocycles. The van der Waals surface area contributed by atoms with E-state index in [1.165, 1.54) is 12.1 Å². The Bertz CT molecular complexity index is 706. The van der Waals surface area contributed by atoms with Gasteiger partial charge in [0.15, 0.2) is 0 Å².